The van der Waals surface area contributed by atoms with Crippen molar-refractivity contribution in [2.75, 3.05) is 12.4 Å². The molecule has 0 aliphatic rings. The van der Waals surface area contributed by atoms with Crippen molar-refractivity contribution in [2.24, 2.45) is 0 Å². The Bertz CT molecular complexity index is 1240. The van der Waals surface area contributed by atoms with Crippen LogP contribution in [0.25, 0.3) is 16.8 Å². The van der Waals surface area contributed by atoms with Crippen LogP contribution in [0.5, 0.6) is 5.75 Å². The molecule has 144 valence electrons. The molecule has 0 spiro atoms. The van der Waals surface area contributed by atoms with Gasteiger partial charge in [0, 0.05) is 35.1 Å². The number of aryl methyl sites for hydroxylation is 1. The molecule has 1 N–H and O–H groups in total. The van der Waals surface area contributed by atoms with Crippen LogP contribution >= 0.6 is 0 Å². The summed E-state index contributed by atoms with van der Waals surface area (Å²) in [6.45, 7) is 2.10. The SMILES string of the molecule is COc1cccc(F)c1CNc1ccc(-c2cc(C#N)cnc2C)c2nncn12. The quantitative estimate of drug-likeness (QED) is 0.560. The van der Waals surface area contributed by atoms with E-state index in [0.717, 1.165) is 16.8 Å². The van der Waals surface area contributed by atoms with Gasteiger partial charge in [-0.1, -0.05) is 6.07 Å². The summed E-state index contributed by atoms with van der Waals surface area (Å²) >= 11 is 0. The van der Waals surface area contributed by atoms with Gasteiger partial charge in [-0.15, -0.1) is 10.2 Å². The average molecular weight is 388 g/mol. The first-order valence-electron chi connectivity index (χ1n) is 8.87. The fourth-order valence-corrected chi connectivity index (χ4v) is 3.21. The van der Waals surface area contributed by atoms with E-state index in [1.165, 1.54) is 19.4 Å². The van der Waals surface area contributed by atoms with E-state index in [-0.39, 0.29) is 12.4 Å². The highest BCUT2D eigenvalue weighted by molar-refractivity contribution is 5.80. The van der Waals surface area contributed by atoms with E-state index in [1.807, 2.05) is 19.1 Å². The molecule has 0 bridgehead atoms. The zero-order valence-electron chi connectivity index (χ0n) is 15.8. The topological polar surface area (TPSA) is 88.1 Å². The summed E-state index contributed by atoms with van der Waals surface area (Å²) in [4.78, 5) is 4.29. The van der Waals surface area contributed by atoms with Gasteiger partial charge < -0.3 is 10.1 Å². The Hall–Kier alpha value is -3.99. The van der Waals surface area contributed by atoms with Crippen molar-refractivity contribution >= 4 is 11.5 Å². The Morgan fingerprint density at radius 2 is 2.10 bits per heavy atom. The number of hydrogen-bond donors (Lipinski definition) is 1. The van der Waals surface area contributed by atoms with Crippen molar-refractivity contribution in [3.8, 4) is 22.9 Å². The van der Waals surface area contributed by atoms with Crippen LogP contribution in [-0.2, 0) is 6.54 Å². The number of pyridine rings is 2. The van der Waals surface area contributed by atoms with Crippen LogP contribution in [0, 0.1) is 24.1 Å². The molecule has 0 atom stereocenters. The van der Waals surface area contributed by atoms with Gasteiger partial charge in [-0.25, -0.2) is 4.39 Å². The molecule has 0 fully saturated rings. The van der Waals surface area contributed by atoms with Gasteiger partial charge >= 0.3 is 0 Å². The second-order valence-corrected chi connectivity index (χ2v) is 6.40. The van der Waals surface area contributed by atoms with E-state index in [4.69, 9.17) is 4.74 Å². The van der Waals surface area contributed by atoms with Crippen LogP contribution in [0.4, 0.5) is 10.2 Å². The highest BCUT2D eigenvalue weighted by Crippen LogP contribution is 2.29. The maximum atomic E-state index is 14.2. The lowest BCUT2D eigenvalue weighted by Crippen LogP contribution is -2.07. The second-order valence-electron chi connectivity index (χ2n) is 6.40. The van der Waals surface area contributed by atoms with Gasteiger partial charge in [0.1, 0.15) is 29.8 Å². The zero-order valence-corrected chi connectivity index (χ0v) is 15.8. The maximum Gasteiger partial charge on any atom is 0.170 e. The summed E-state index contributed by atoms with van der Waals surface area (Å²) in [5.74, 6) is 0.828. The predicted octanol–water partition coefficient (Wildman–Crippen LogP) is 3.73. The molecule has 0 aliphatic carbocycles. The Balaban J connectivity index is 1.73. The first-order valence-corrected chi connectivity index (χ1v) is 8.87. The minimum absolute atomic E-state index is 0.229. The Labute approximate surface area is 166 Å². The molecular formula is C21H17FN6O. The number of methoxy groups -OCH3 is 1. The number of nitrogens with zero attached hydrogens (tertiary/aromatic N) is 5. The first kappa shape index (κ1) is 18.4. The molecule has 0 unspecified atom stereocenters. The molecule has 7 nitrogen and oxygen atoms in total. The molecule has 0 radical (unpaired) electrons. The average Bonchev–Trinajstić information content (AvgIpc) is 3.23. The van der Waals surface area contributed by atoms with Crippen LogP contribution in [0.3, 0.4) is 0 Å². The fraction of sp³-hybridized carbons (Fsp3) is 0.143. The van der Waals surface area contributed by atoms with Crippen molar-refractivity contribution in [1.82, 2.24) is 19.6 Å². The summed E-state index contributed by atoms with van der Waals surface area (Å²) in [5.41, 5.74) is 3.91. The van der Waals surface area contributed by atoms with E-state index in [1.54, 1.807) is 28.9 Å². The summed E-state index contributed by atoms with van der Waals surface area (Å²) in [6.07, 6.45) is 3.12. The minimum atomic E-state index is -0.344. The minimum Gasteiger partial charge on any atom is -0.496 e. The lowest BCUT2D eigenvalue weighted by molar-refractivity contribution is 0.405. The molecule has 0 aliphatic heterocycles. The maximum absolute atomic E-state index is 14.2. The molecular weight excluding hydrogens is 371 g/mol. The third kappa shape index (κ3) is 3.34. The van der Waals surface area contributed by atoms with Gasteiger partial charge in [0.2, 0.25) is 0 Å². The molecule has 4 aromatic rings. The van der Waals surface area contributed by atoms with Gasteiger partial charge in [-0.2, -0.15) is 5.26 Å². The summed E-state index contributed by atoms with van der Waals surface area (Å²) in [7, 11) is 1.51. The van der Waals surface area contributed by atoms with Gasteiger partial charge in [0.25, 0.3) is 0 Å². The number of ether oxygens (including phenoxy) is 1. The normalized spacial score (nSPS) is 10.7. The highest BCUT2D eigenvalue weighted by atomic mass is 19.1. The Kier molecular flexibility index (Phi) is 4.79. The first-order chi connectivity index (χ1) is 14.1. The van der Waals surface area contributed by atoms with Crippen molar-refractivity contribution in [3.05, 3.63) is 71.6 Å². The monoisotopic (exact) mass is 388 g/mol. The van der Waals surface area contributed by atoms with Gasteiger partial charge in [0.05, 0.1) is 12.7 Å². The van der Waals surface area contributed by atoms with E-state index in [0.29, 0.717) is 28.3 Å². The number of benzene rings is 1. The molecule has 8 heteroatoms. The van der Waals surface area contributed by atoms with Crippen molar-refractivity contribution < 1.29 is 9.13 Å². The van der Waals surface area contributed by atoms with E-state index < -0.39 is 0 Å². The van der Waals surface area contributed by atoms with Crippen molar-refractivity contribution in [2.45, 2.75) is 13.5 Å². The highest BCUT2D eigenvalue weighted by Gasteiger charge is 2.14. The molecule has 29 heavy (non-hydrogen) atoms. The molecule has 4 rings (SSSR count). The molecule has 3 heterocycles. The Morgan fingerprint density at radius 1 is 1.24 bits per heavy atom. The number of aromatic nitrogens is 4. The lowest BCUT2D eigenvalue weighted by Gasteiger charge is -2.14. The molecule has 1 aromatic carbocycles. The number of nitrogens with one attached hydrogen (secondary N) is 1. The van der Waals surface area contributed by atoms with Gasteiger partial charge in [-0.05, 0) is 37.3 Å². The number of anilines is 1. The molecule has 0 amide bonds. The largest absolute Gasteiger partial charge is 0.496 e. The standard InChI is InChI=1S/C21H17FN6O/c1-13-16(8-14(9-23)10-24-13)15-6-7-20(28-12-26-27-21(15)28)25-11-17-18(22)4-3-5-19(17)29-2/h3-8,10,12,25H,11H2,1-2H3. The van der Waals surface area contributed by atoms with Crippen LogP contribution in [0.2, 0.25) is 0 Å². The molecule has 0 saturated heterocycles. The molecule has 0 saturated carbocycles. The Morgan fingerprint density at radius 3 is 2.90 bits per heavy atom. The van der Waals surface area contributed by atoms with E-state index in [9.17, 15) is 9.65 Å². The smallest absolute Gasteiger partial charge is 0.170 e. The fourth-order valence-electron chi connectivity index (χ4n) is 3.21. The number of rotatable bonds is 5. The second kappa shape index (κ2) is 7.56. The number of nitriles is 1. The predicted molar refractivity (Wildman–Crippen MR) is 106 cm³/mol. The van der Waals surface area contributed by atoms with Crippen LogP contribution in [-0.4, -0.2) is 26.7 Å². The van der Waals surface area contributed by atoms with Crippen LogP contribution < -0.4 is 10.1 Å². The summed E-state index contributed by atoms with van der Waals surface area (Å²) in [6, 6.07) is 12.4. The third-order valence-corrected chi connectivity index (χ3v) is 4.70. The number of fused-ring (bicyclic) bond motifs is 1. The van der Waals surface area contributed by atoms with Gasteiger partial charge in [0.15, 0.2) is 5.65 Å². The summed E-state index contributed by atoms with van der Waals surface area (Å²) < 4.78 is 21.2. The van der Waals surface area contributed by atoms with E-state index in [2.05, 4.69) is 26.6 Å². The third-order valence-electron chi connectivity index (χ3n) is 4.70. The van der Waals surface area contributed by atoms with Crippen LogP contribution in [0.15, 0.2) is 48.9 Å². The number of hydrogen-bond acceptors (Lipinski definition) is 6. The van der Waals surface area contributed by atoms with E-state index >= 15 is 0 Å². The van der Waals surface area contributed by atoms with Gasteiger partial charge in [-0.3, -0.25) is 9.38 Å². The lowest BCUT2D eigenvalue weighted by atomic mass is 10.0. The molecule has 3 aromatic heterocycles. The van der Waals surface area contributed by atoms with Crippen LogP contribution in [0.1, 0.15) is 16.8 Å². The van der Waals surface area contributed by atoms with Crippen molar-refractivity contribution in [3.63, 3.8) is 0 Å². The van der Waals surface area contributed by atoms with Crippen molar-refractivity contribution in [1.29, 1.82) is 5.26 Å². The number of halogens is 1. The zero-order chi connectivity index (χ0) is 20.4. The summed E-state index contributed by atoms with van der Waals surface area (Å²) in [5, 5.41) is 20.6.